The van der Waals surface area contributed by atoms with Crippen LogP contribution in [-0.2, 0) is 11.3 Å². The number of benzene rings is 2. The molecule has 164 valence electrons. The Balaban J connectivity index is 1.32. The van der Waals surface area contributed by atoms with Gasteiger partial charge in [0.25, 0.3) is 0 Å². The van der Waals surface area contributed by atoms with Gasteiger partial charge in [-0.05, 0) is 43.3 Å². The number of hydrogen-bond donors (Lipinski definition) is 1. The monoisotopic (exact) mass is 440 g/mol. The number of nitrogens with one attached hydrogen (secondary N) is 1. The Morgan fingerprint density at radius 2 is 1.85 bits per heavy atom. The number of aliphatic imine (C=N–C) groups is 1. The summed E-state index contributed by atoms with van der Waals surface area (Å²) < 4.78 is 8.46. The number of nitrogens with zero attached hydrogens (tertiary/aromatic N) is 5. The molecule has 0 saturated carbocycles. The molecule has 2 aromatic heterocycles. The van der Waals surface area contributed by atoms with Gasteiger partial charge in [-0.3, -0.25) is 14.7 Å². The maximum atomic E-state index is 13.2. The van der Waals surface area contributed by atoms with E-state index in [2.05, 4.69) is 15.4 Å². The third-order valence-electron chi connectivity index (χ3n) is 5.79. The van der Waals surface area contributed by atoms with Gasteiger partial charge in [0.2, 0.25) is 11.9 Å². The molecule has 0 bridgehead atoms. The Bertz CT molecular complexity index is 1490. The number of anilines is 2. The molecule has 0 unspecified atom stereocenters. The average Bonchev–Trinajstić information content (AvgIpc) is 3.54. The molecule has 4 aromatic rings. The summed E-state index contributed by atoms with van der Waals surface area (Å²) in [4.78, 5) is 32.7. The van der Waals surface area contributed by atoms with Crippen molar-refractivity contribution in [1.29, 1.82) is 0 Å². The minimum Gasteiger partial charge on any atom is -0.461 e. The molecule has 2 aliphatic heterocycles. The summed E-state index contributed by atoms with van der Waals surface area (Å²) in [5.41, 5.74) is 2.61. The molecule has 0 fully saturated rings. The van der Waals surface area contributed by atoms with Crippen LogP contribution in [-0.4, -0.2) is 39.2 Å². The van der Waals surface area contributed by atoms with Crippen LogP contribution in [0.25, 0.3) is 17.0 Å². The molecule has 9 nitrogen and oxygen atoms in total. The third kappa shape index (κ3) is 3.08. The molecule has 2 aromatic carbocycles. The van der Waals surface area contributed by atoms with Crippen LogP contribution in [0.5, 0.6) is 0 Å². The summed E-state index contributed by atoms with van der Waals surface area (Å²) in [5, 5.41) is 7.38. The number of hydrogen-bond acceptors (Lipinski definition) is 6. The number of amidine groups is 1. The van der Waals surface area contributed by atoms with Crippen molar-refractivity contribution in [2.45, 2.75) is 13.5 Å². The minimum absolute atomic E-state index is 0.215. The predicted octanol–water partition coefficient (Wildman–Crippen LogP) is 2.82. The number of aryl methyl sites for hydroxylation is 1. The van der Waals surface area contributed by atoms with E-state index < -0.39 is 0 Å². The zero-order chi connectivity index (χ0) is 22.5. The standard InChI is InChI=1S/C24H20N6O3/c1-15-10-11-20(33-15)16-6-2-4-8-18(16)26-21(31)14-29-24(32)30-19-9-5-3-7-17(19)22-25-12-13-28(22)23(30)27-29/h2-11H,12-14H2,1H3,(H,26,31). The highest BCUT2D eigenvalue weighted by molar-refractivity contribution is 6.14. The van der Waals surface area contributed by atoms with E-state index in [1.807, 2.05) is 66.4 Å². The fraction of sp³-hybridized carbons (Fsp3) is 0.167. The van der Waals surface area contributed by atoms with Crippen molar-refractivity contribution in [3.63, 3.8) is 0 Å². The molecule has 9 heteroatoms. The highest BCUT2D eigenvalue weighted by atomic mass is 16.3. The molecule has 0 aliphatic carbocycles. The SMILES string of the molecule is Cc1ccc(-c2ccccc2NC(=O)Cn2nc3n(c2=O)-c2ccccc2C2=NCCN23)o1. The van der Waals surface area contributed by atoms with Crippen molar-refractivity contribution in [1.82, 2.24) is 14.3 Å². The number of amides is 1. The first-order chi connectivity index (χ1) is 16.1. The summed E-state index contributed by atoms with van der Waals surface area (Å²) >= 11 is 0. The minimum atomic E-state index is -0.367. The molecular formula is C24H20N6O3. The molecule has 1 N–H and O–H groups in total. The molecule has 0 atom stereocenters. The van der Waals surface area contributed by atoms with E-state index in [-0.39, 0.29) is 18.1 Å². The highest BCUT2D eigenvalue weighted by Crippen LogP contribution is 2.31. The summed E-state index contributed by atoms with van der Waals surface area (Å²) in [6.07, 6.45) is 0. The molecule has 2 aliphatic rings. The second-order valence-corrected chi connectivity index (χ2v) is 7.95. The first-order valence-corrected chi connectivity index (χ1v) is 10.7. The van der Waals surface area contributed by atoms with E-state index in [0.29, 0.717) is 30.5 Å². The second-order valence-electron chi connectivity index (χ2n) is 7.95. The fourth-order valence-electron chi connectivity index (χ4n) is 4.33. The zero-order valence-corrected chi connectivity index (χ0v) is 17.9. The highest BCUT2D eigenvalue weighted by Gasteiger charge is 2.34. The molecule has 4 heterocycles. The lowest BCUT2D eigenvalue weighted by molar-refractivity contribution is -0.117. The van der Waals surface area contributed by atoms with E-state index in [0.717, 1.165) is 28.4 Å². The van der Waals surface area contributed by atoms with E-state index in [9.17, 15) is 9.59 Å². The van der Waals surface area contributed by atoms with Gasteiger partial charge in [-0.2, -0.15) is 0 Å². The van der Waals surface area contributed by atoms with Crippen LogP contribution in [0.1, 0.15) is 11.3 Å². The molecule has 0 radical (unpaired) electrons. The topological polar surface area (TPSA) is 97.7 Å². The number of aromatic nitrogens is 3. The van der Waals surface area contributed by atoms with Gasteiger partial charge in [-0.1, -0.05) is 24.3 Å². The van der Waals surface area contributed by atoms with Crippen molar-refractivity contribution in [2.24, 2.45) is 4.99 Å². The largest absolute Gasteiger partial charge is 0.461 e. The average molecular weight is 440 g/mol. The van der Waals surface area contributed by atoms with Crippen molar-refractivity contribution >= 4 is 23.4 Å². The van der Waals surface area contributed by atoms with Crippen LogP contribution in [0, 0.1) is 6.92 Å². The van der Waals surface area contributed by atoms with Crippen LogP contribution in [0.2, 0.25) is 0 Å². The number of furan rings is 1. The first-order valence-electron chi connectivity index (χ1n) is 10.7. The van der Waals surface area contributed by atoms with Crippen molar-refractivity contribution in [2.75, 3.05) is 23.3 Å². The van der Waals surface area contributed by atoms with Gasteiger partial charge in [-0.15, -0.1) is 5.10 Å². The van der Waals surface area contributed by atoms with Crippen LogP contribution in [0.4, 0.5) is 11.6 Å². The maximum absolute atomic E-state index is 13.2. The number of rotatable bonds is 4. The summed E-state index contributed by atoms with van der Waals surface area (Å²) in [7, 11) is 0. The Morgan fingerprint density at radius 3 is 2.67 bits per heavy atom. The van der Waals surface area contributed by atoms with E-state index in [4.69, 9.17) is 4.42 Å². The summed E-state index contributed by atoms with van der Waals surface area (Å²) in [5.74, 6) is 2.38. The van der Waals surface area contributed by atoms with E-state index >= 15 is 0 Å². The number of carbonyl (C=O) groups excluding carboxylic acids is 1. The summed E-state index contributed by atoms with van der Waals surface area (Å²) in [6, 6.07) is 18.7. The smallest absolute Gasteiger partial charge is 0.352 e. The Labute approximate surface area is 188 Å². The van der Waals surface area contributed by atoms with Crippen molar-refractivity contribution in [3.05, 3.63) is 82.5 Å². The van der Waals surface area contributed by atoms with E-state index in [1.54, 1.807) is 10.6 Å². The molecule has 6 rings (SSSR count). The van der Waals surface area contributed by atoms with Gasteiger partial charge < -0.3 is 9.73 Å². The van der Waals surface area contributed by atoms with Gasteiger partial charge in [-0.25, -0.2) is 14.0 Å². The Kier molecular flexibility index (Phi) is 4.29. The number of carbonyl (C=O) groups is 1. The lowest BCUT2D eigenvalue weighted by Gasteiger charge is -2.26. The fourth-order valence-corrected chi connectivity index (χ4v) is 4.33. The maximum Gasteiger partial charge on any atom is 0.352 e. The predicted molar refractivity (Wildman–Crippen MR) is 124 cm³/mol. The molecule has 0 spiro atoms. The van der Waals surface area contributed by atoms with Crippen molar-refractivity contribution in [3.8, 4) is 17.0 Å². The van der Waals surface area contributed by atoms with E-state index in [1.165, 1.54) is 4.68 Å². The van der Waals surface area contributed by atoms with Gasteiger partial charge in [0.1, 0.15) is 23.9 Å². The van der Waals surface area contributed by atoms with Gasteiger partial charge in [0, 0.05) is 17.7 Å². The summed E-state index contributed by atoms with van der Waals surface area (Å²) in [6.45, 7) is 2.93. The molecule has 1 amide bonds. The lowest BCUT2D eigenvalue weighted by Crippen LogP contribution is -2.37. The quantitative estimate of drug-likeness (QED) is 0.526. The second kappa shape index (κ2) is 7.33. The molecular weight excluding hydrogens is 420 g/mol. The Hall–Kier alpha value is -4.40. The van der Waals surface area contributed by atoms with Crippen LogP contribution < -0.4 is 15.9 Å². The van der Waals surface area contributed by atoms with Crippen LogP contribution in [0.3, 0.4) is 0 Å². The molecule has 33 heavy (non-hydrogen) atoms. The zero-order valence-electron chi connectivity index (χ0n) is 17.9. The lowest BCUT2D eigenvalue weighted by atomic mass is 10.1. The van der Waals surface area contributed by atoms with Gasteiger partial charge >= 0.3 is 5.69 Å². The Morgan fingerprint density at radius 1 is 1.06 bits per heavy atom. The van der Waals surface area contributed by atoms with Crippen LogP contribution >= 0.6 is 0 Å². The molecule has 0 saturated heterocycles. The third-order valence-corrected chi connectivity index (χ3v) is 5.79. The first kappa shape index (κ1) is 19.3. The van der Waals surface area contributed by atoms with Crippen molar-refractivity contribution < 1.29 is 9.21 Å². The number of para-hydroxylation sites is 2. The van der Waals surface area contributed by atoms with Gasteiger partial charge in [0.05, 0.1) is 17.9 Å². The number of fused-ring (bicyclic) bond motifs is 6. The van der Waals surface area contributed by atoms with Crippen LogP contribution in [0.15, 0.2) is 74.9 Å². The normalized spacial score (nSPS) is 13.8. The van der Waals surface area contributed by atoms with Gasteiger partial charge in [0.15, 0.2) is 0 Å².